The topological polar surface area (TPSA) is 101 Å². The summed E-state index contributed by atoms with van der Waals surface area (Å²) in [5.74, 6) is -0.856. The van der Waals surface area contributed by atoms with Crippen molar-refractivity contribution in [3.05, 3.63) is 75.8 Å². The van der Waals surface area contributed by atoms with Gasteiger partial charge in [0.15, 0.2) is 0 Å². The molecule has 1 saturated carbocycles. The number of nitrogens with one attached hydrogen (secondary N) is 2. The molecule has 1 aliphatic rings. The lowest BCUT2D eigenvalue weighted by molar-refractivity contribution is -0.384. The minimum atomic E-state index is -0.594. The molecule has 1 fully saturated rings. The van der Waals surface area contributed by atoms with Crippen LogP contribution in [0.3, 0.4) is 0 Å². The van der Waals surface area contributed by atoms with Gasteiger partial charge in [0.25, 0.3) is 11.6 Å². The quantitative estimate of drug-likeness (QED) is 0.664. The molecular weight excluding hydrogens is 310 g/mol. The molecule has 2 aromatic carbocycles. The van der Waals surface area contributed by atoms with Crippen LogP contribution in [-0.4, -0.2) is 16.7 Å². The molecule has 122 valence electrons. The van der Waals surface area contributed by atoms with Crippen molar-refractivity contribution in [2.45, 2.75) is 12.3 Å². The van der Waals surface area contributed by atoms with Crippen LogP contribution in [0.1, 0.15) is 28.3 Å². The monoisotopic (exact) mass is 325 g/mol. The predicted octanol–water partition coefficient (Wildman–Crippen LogP) is 2.16. The molecule has 24 heavy (non-hydrogen) atoms. The molecule has 0 spiro atoms. The van der Waals surface area contributed by atoms with E-state index in [0.29, 0.717) is 0 Å². The summed E-state index contributed by atoms with van der Waals surface area (Å²) in [5, 5.41) is 10.7. The summed E-state index contributed by atoms with van der Waals surface area (Å²) in [6, 6.07) is 15.0. The highest BCUT2D eigenvalue weighted by atomic mass is 16.6. The molecule has 0 saturated heterocycles. The molecule has 0 aromatic heterocycles. The maximum atomic E-state index is 12.1. The fourth-order valence-electron chi connectivity index (χ4n) is 2.60. The van der Waals surface area contributed by atoms with Gasteiger partial charge in [0.05, 0.1) is 4.92 Å². The van der Waals surface area contributed by atoms with E-state index in [4.69, 9.17) is 0 Å². The van der Waals surface area contributed by atoms with Gasteiger partial charge in [-0.05, 0) is 24.0 Å². The lowest BCUT2D eigenvalue weighted by atomic mass is 10.1. The Hall–Kier alpha value is -3.22. The molecule has 0 unspecified atom stereocenters. The van der Waals surface area contributed by atoms with Crippen molar-refractivity contribution in [1.29, 1.82) is 0 Å². The van der Waals surface area contributed by atoms with Crippen molar-refractivity contribution in [2.24, 2.45) is 5.92 Å². The molecule has 7 heteroatoms. The molecule has 7 nitrogen and oxygen atoms in total. The molecule has 0 heterocycles. The lowest BCUT2D eigenvalue weighted by Gasteiger charge is -2.07. The van der Waals surface area contributed by atoms with E-state index in [-0.39, 0.29) is 29.0 Å². The highest BCUT2D eigenvalue weighted by molar-refractivity contribution is 5.96. The minimum absolute atomic E-state index is 0.111. The van der Waals surface area contributed by atoms with Crippen LogP contribution in [0, 0.1) is 16.0 Å². The molecular formula is C17H15N3O4. The Balaban J connectivity index is 1.55. The predicted molar refractivity (Wildman–Crippen MR) is 86.0 cm³/mol. The van der Waals surface area contributed by atoms with Gasteiger partial charge in [-0.25, -0.2) is 0 Å². The van der Waals surface area contributed by atoms with Gasteiger partial charge in [-0.15, -0.1) is 0 Å². The third-order valence-corrected chi connectivity index (χ3v) is 3.97. The summed E-state index contributed by atoms with van der Waals surface area (Å²) in [5.41, 5.74) is 5.71. The Morgan fingerprint density at radius 2 is 1.79 bits per heavy atom. The normalized spacial score (nSPS) is 18.5. The van der Waals surface area contributed by atoms with Gasteiger partial charge in [0.1, 0.15) is 0 Å². The second kappa shape index (κ2) is 6.49. The number of nitro benzene ring substituents is 1. The number of hydrogen-bond acceptors (Lipinski definition) is 4. The number of rotatable bonds is 4. The Morgan fingerprint density at radius 3 is 2.50 bits per heavy atom. The SMILES string of the molecule is O=C(NNC(=O)[C@@H]1C[C@@H]1c1ccccc1)c1cccc([N+](=O)[O-])c1. The van der Waals surface area contributed by atoms with E-state index in [2.05, 4.69) is 10.9 Å². The summed E-state index contributed by atoms with van der Waals surface area (Å²) in [7, 11) is 0. The van der Waals surface area contributed by atoms with Crippen LogP contribution in [0.4, 0.5) is 5.69 Å². The molecule has 0 radical (unpaired) electrons. The fourth-order valence-corrected chi connectivity index (χ4v) is 2.60. The second-order valence-corrected chi connectivity index (χ2v) is 5.61. The van der Waals surface area contributed by atoms with Crippen molar-refractivity contribution in [3.63, 3.8) is 0 Å². The molecule has 3 rings (SSSR count). The van der Waals surface area contributed by atoms with Gasteiger partial charge in [0.2, 0.25) is 5.91 Å². The van der Waals surface area contributed by atoms with Crippen LogP contribution in [0.5, 0.6) is 0 Å². The van der Waals surface area contributed by atoms with Crippen LogP contribution in [-0.2, 0) is 4.79 Å². The number of benzene rings is 2. The maximum absolute atomic E-state index is 12.1. The highest BCUT2D eigenvalue weighted by Gasteiger charge is 2.43. The van der Waals surface area contributed by atoms with Gasteiger partial charge < -0.3 is 0 Å². The number of non-ortho nitro benzene ring substituents is 1. The first kappa shape index (κ1) is 15.7. The van der Waals surface area contributed by atoms with E-state index >= 15 is 0 Å². The third-order valence-electron chi connectivity index (χ3n) is 3.97. The van der Waals surface area contributed by atoms with E-state index in [9.17, 15) is 19.7 Å². The average molecular weight is 325 g/mol. The highest BCUT2D eigenvalue weighted by Crippen LogP contribution is 2.47. The average Bonchev–Trinajstić information content (AvgIpc) is 3.41. The number of amides is 2. The van der Waals surface area contributed by atoms with Gasteiger partial charge >= 0.3 is 0 Å². The summed E-state index contributed by atoms with van der Waals surface area (Å²) in [4.78, 5) is 34.2. The molecule has 2 atom stereocenters. The van der Waals surface area contributed by atoms with Crippen molar-refractivity contribution in [1.82, 2.24) is 10.9 Å². The second-order valence-electron chi connectivity index (χ2n) is 5.61. The van der Waals surface area contributed by atoms with Crippen molar-refractivity contribution in [3.8, 4) is 0 Å². The van der Waals surface area contributed by atoms with Crippen LogP contribution in [0.15, 0.2) is 54.6 Å². The van der Waals surface area contributed by atoms with Crippen LogP contribution >= 0.6 is 0 Å². The maximum Gasteiger partial charge on any atom is 0.270 e. The summed E-state index contributed by atoms with van der Waals surface area (Å²) < 4.78 is 0. The first-order valence-electron chi connectivity index (χ1n) is 7.46. The van der Waals surface area contributed by atoms with Crippen molar-refractivity contribution >= 4 is 17.5 Å². The third kappa shape index (κ3) is 3.40. The van der Waals surface area contributed by atoms with Gasteiger partial charge in [0, 0.05) is 23.6 Å². The van der Waals surface area contributed by atoms with Crippen molar-refractivity contribution < 1.29 is 14.5 Å². The molecule has 0 aliphatic heterocycles. The molecule has 0 bridgehead atoms. The Morgan fingerprint density at radius 1 is 1.04 bits per heavy atom. The lowest BCUT2D eigenvalue weighted by Crippen LogP contribution is -2.42. The van der Waals surface area contributed by atoms with E-state index < -0.39 is 10.8 Å². The first-order chi connectivity index (χ1) is 11.6. The van der Waals surface area contributed by atoms with Gasteiger partial charge in [-0.3, -0.25) is 30.6 Å². The zero-order valence-electron chi connectivity index (χ0n) is 12.6. The Kier molecular flexibility index (Phi) is 4.24. The summed E-state index contributed by atoms with van der Waals surface area (Å²) >= 11 is 0. The smallest absolute Gasteiger partial charge is 0.270 e. The number of carbonyl (C=O) groups is 2. The minimum Gasteiger partial charge on any atom is -0.273 e. The number of nitro groups is 1. The molecule has 2 aromatic rings. The standard InChI is InChI=1S/C17H15N3O4/c21-16(12-7-4-8-13(9-12)20(23)24)18-19-17(22)15-10-14(15)11-5-2-1-3-6-11/h1-9,14-15H,10H2,(H,18,21)(H,19,22)/t14-,15-/m1/s1. The van der Waals surface area contributed by atoms with Gasteiger partial charge in [-0.2, -0.15) is 0 Å². The zero-order valence-corrected chi connectivity index (χ0v) is 12.6. The summed E-state index contributed by atoms with van der Waals surface area (Å²) in [6.45, 7) is 0. The van der Waals surface area contributed by atoms with E-state index in [1.807, 2.05) is 30.3 Å². The van der Waals surface area contributed by atoms with Crippen LogP contribution in [0.25, 0.3) is 0 Å². The largest absolute Gasteiger partial charge is 0.273 e. The van der Waals surface area contributed by atoms with Crippen LogP contribution in [0.2, 0.25) is 0 Å². The van der Waals surface area contributed by atoms with E-state index in [1.165, 1.54) is 18.2 Å². The number of hydrogen-bond donors (Lipinski definition) is 2. The van der Waals surface area contributed by atoms with Crippen molar-refractivity contribution in [2.75, 3.05) is 0 Å². The number of nitrogens with zero attached hydrogens (tertiary/aromatic N) is 1. The fraction of sp³-hybridized carbons (Fsp3) is 0.176. The zero-order chi connectivity index (χ0) is 17.1. The Bertz CT molecular complexity index is 791. The molecule has 1 aliphatic carbocycles. The number of hydrazine groups is 1. The van der Waals surface area contributed by atoms with Gasteiger partial charge in [-0.1, -0.05) is 36.4 Å². The first-order valence-corrected chi connectivity index (χ1v) is 7.46. The van der Waals surface area contributed by atoms with Crippen LogP contribution < -0.4 is 10.9 Å². The molecule has 2 amide bonds. The van der Waals surface area contributed by atoms with E-state index in [0.717, 1.165) is 18.1 Å². The Labute approximate surface area is 137 Å². The van der Waals surface area contributed by atoms with E-state index in [1.54, 1.807) is 0 Å². The summed E-state index contributed by atoms with van der Waals surface area (Å²) in [6.07, 6.45) is 0.739. The number of carbonyl (C=O) groups excluding carboxylic acids is 2. The molecule has 2 N–H and O–H groups in total.